The summed E-state index contributed by atoms with van der Waals surface area (Å²) in [4.78, 5) is 28.1. The van der Waals surface area contributed by atoms with Crippen molar-refractivity contribution < 1.29 is 29.0 Å². The lowest BCUT2D eigenvalue weighted by Gasteiger charge is -2.26. The number of anilines is 1. The minimum Gasteiger partial charge on any atom is -0.494 e. The van der Waals surface area contributed by atoms with Crippen molar-refractivity contribution in [2.24, 2.45) is 16.3 Å². The number of ether oxygens (including phenoxy) is 3. The zero-order valence-electron chi connectivity index (χ0n) is 24.7. The number of fused-ring (bicyclic) bond motifs is 1. The molecule has 0 atom stereocenters. The molecule has 3 aromatic carbocycles. The SMILES string of the molecule is COc1c(NC(=O)C(=NO)c2ccc(OCCN3CCOCC3)c3ccccc23)cc(CCC(C)(C)C)cc1C(N)=O. The highest BCUT2D eigenvalue weighted by molar-refractivity contribution is 6.50. The topological polar surface area (TPSA) is 136 Å². The van der Waals surface area contributed by atoms with E-state index in [0.717, 1.165) is 50.2 Å². The third kappa shape index (κ3) is 7.57. The highest BCUT2D eigenvalue weighted by Crippen LogP contribution is 2.34. The van der Waals surface area contributed by atoms with Crippen LogP contribution >= 0.6 is 0 Å². The fourth-order valence-corrected chi connectivity index (χ4v) is 4.96. The van der Waals surface area contributed by atoms with Crippen LogP contribution in [0.4, 0.5) is 5.69 Å². The van der Waals surface area contributed by atoms with Gasteiger partial charge in [-0.2, -0.15) is 0 Å². The van der Waals surface area contributed by atoms with Crippen LogP contribution in [-0.4, -0.2) is 74.2 Å². The summed E-state index contributed by atoms with van der Waals surface area (Å²) in [6, 6.07) is 14.4. The Labute approximate surface area is 246 Å². The minimum absolute atomic E-state index is 0.0619. The first-order valence-corrected chi connectivity index (χ1v) is 14.1. The van der Waals surface area contributed by atoms with Gasteiger partial charge >= 0.3 is 0 Å². The predicted octanol–water partition coefficient (Wildman–Crippen LogP) is 4.45. The van der Waals surface area contributed by atoms with Gasteiger partial charge in [0.1, 0.15) is 12.4 Å². The average molecular weight is 577 g/mol. The van der Waals surface area contributed by atoms with Gasteiger partial charge in [-0.1, -0.05) is 50.2 Å². The summed E-state index contributed by atoms with van der Waals surface area (Å²) in [5.74, 6) is -0.544. The van der Waals surface area contributed by atoms with E-state index >= 15 is 0 Å². The van der Waals surface area contributed by atoms with Gasteiger partial charge in [-0.25, -0.2) is 0 Å². The lowest BCUT2D eigenvalue weighted by molar-refractivity contribution is -0.110. The van der Waals surface area contributed by atoms with Gasteiger partial charge in [0.2, 0.25) is 0 Å². The summed E-state index contributed by atoms with van der Waals surface area (Å²) in [5.41, 5.74) is 7.18. The Morgan fingerprint density at radius 3 is 2.43 bits per heavy atom. The van der Waals surface area contributed by atoms with E-state index in [4.69, 9.17) is 19.9 Å². The summed E-state index contributed by atoms with van der Waals surface area (Å²) >= 11 is 0. The Kier molecular flexibility index (Phi) is 10.0. The molecule has 1 fully saturated rings. The molecule has 0 aliphatic carbocycles. The van der Waals surface area contributed by atoms with E-state index in [1.165, 1.54) is 7.11 Å². The standard InChI is InChI=1S/C32H40N4O6/c1-32(2,3)12-11-21-19-25(30(33)37)29(40-4)26(20-21)34-31(38)28(35-39)24-9-10-27(23-8-6-5-7-22(23)24)42-18-15-36-13-16-41-17-14-36/h5-10,19-20,39H,11-18H2,1-4H3,(H2,33,37)(H,34,38). The summed E-state index contributed by atoms with van der Waals surface area (Å²) in [6.45, 7) is 10.8. The molecule has 3 aromatic rings. The van der Waals surface area contributed by atoms with Crippen molar-refractivity contribution in [2.75, 3.05) is 51.9 Å². The third-order valence-electron chi connectivity index (χ3n) is 7.25. The van der Waals surface area contributed by atoms with E-state index in [2.05, 4.69) is 36.1 Å². The van der Waals surface area contributed by atoms with E-state index in [1.54, 1.807) is 24.3 Å². The van der Waals surface area contributed by atoms with Crippen LogP contribution in [0.1, 0.15) is 48.7 Å². The Hall–Kier alpha value is -4.15. The third-order valence-corrected chi connectivity index (χ3v) is 7.25. The number of hydrogen-bond donors (Lipinski definition) is 3. The maximum Gasteiger partial charge on any atom is 0.278 e. The summed E-state index contributed by atoms with van der Waals surface area (Å²) < 4.78 is 17.0. The molecule has 0 unspecified atom stereocenters. The normalized spacial score (nSPS) is 14.5. The summed E-state index contributed by atoms with van der Waals surface area (Å²) in [7, 11) is 1.40. The van der Waals surface area contributed by atoms with Crippen molar-refractivity contribution in [3.63, 3.8) is 0 Å². The molecule has 42 heavy (non-hydrogen) atoms. The zero-order chi connectivity index (χ0) is 30.3. The van der Waals surface area contributed by atoms with Gasteiger partial charge in [0.05, 0.1) is 31.6 Å². The molecule has 4 rings (SSSR count). The van der Waals surface area contributed by atoms with Gasteiger partial charge in [-0.3, -0.25) is 14.5 Å². The smallest absolute Gasteiger partial charge is 0.278 e. The number of amides is 2. The van der Waals surface area contributed by atoms with Crippen LogP contribution in [0, 0.1) is 5.41 Å². The van der Waals surface area contributed by atoms with Gasteiger partial charge in [-0.15, -0.1) is 0 Å². The predicted molar refractivity (Wildman–Crippen MR) is 163 cm³/mol. The molecule has 1 heterocycles. The number of carbonyl (C=O) groups excluding carboxylic acids is 2. The number of nitrogens with one attached hydrogen (secondary N) is 1. The van der Waals surface area contributed by atoms with Gasteiger partial charge in [-0.05, 0) is 53.5 Å². The summed E-state index contributed by atoms with van der Waals surface area (Å²) in [6.07, 6.45) is 1.51. The lowest BCUT2D eigenvalue weighted by Crippen LogP contribution is -2.38. The van der Waals surface area contributed by atoms with Crippen LogP contribution in [-0.2, 0) is 16.0 Å². The number of benzene rings is 3. The van der Waals surface area contributed by atoms with Crippen molar-refractivity contribution in [1.29, 1.82) is 0 Å². The fraction of sp³-hybridized carbons (Fsp3) is 0.406. The van der Waals surface area contributed by atoms with Gasteiger partial charge < -0.3 is 30.5 Å². The van der Waals surface area contributed by atoms with Crippen molar-refractivity contribution in [1.82, 2.24) is 4.90 Å². The number of primary amides is 1. The van der Waals surface area contributed by atoms with Gasteiger partial charge in [0.25, 0.3) is 11.8 Å². The molecular formula is C32H40N4O6. The van der Waals surface area contributed by atoms with Crippen LogP contribution in [0.3, 0.4) is 0 Å². The molecule has 224 valence electrons. The highest BCUT2D eigenvalue weighted by Gasteiger charge is 2.23. The molecule has 0 aromatic heterocycles. The van der Waals surface area contributed by atoms with Crippen molar-refractivity contribution in [3.8, 4) is 11.5 Å². The van der Waals surface area contributed by atoms with Crippen LogP contribution in [0.2, 0.25) is 0 Å². The largest absolute Gasteiger partial charge is 0.494 e. The van der Waals surface area contributed by atoms with Gasteiger partial charge in [0, 0.05) is 30.6 Å². The van der Waals surface area contributed by atoms with E-state index in [1.807, 2.05) is 24.3 Å². The first-order chi connectivity index (χ1) is 20.1. The van der Waals surface area contributed by atoms with E-state index < -0.39 is 11.8 Å². The Morgan fingerprint density at radius 1 is 1.07 bits per heavy atom. The molecule has 0 bridgehead atoms. The maximum absolute atomic E-state index is 13.6. The van der Waals surface area contributed by atoms with Crippen LogP contribution in [0.15, 0.2) is 53.7 Å². The number of methoxy groups -OCH3 is 1. The number of rotatable bonds is 11. The monoisotopic (exact) mass is 576 g/mol. The molecule has 2 amide bonds. The average Bonchev–Trinajstić information content (AvgIpc) is 2.97. The minimum atomic E-state index is -0.676. The fourth-order valence-electron chi connectivity index (χ4n) is 4.96. The number of nitrogens with zero attached hydrogens (tertiary/aromatic N) is 2. The van der Waals surface area contributed by atoms with Crippen molar-refractivity contribution >= 4 is 34.0 Å². The number of morpholine rings is 1. The quantitative estimate of drug-likeness (QED) is 0.174. The highest BCUT2D eigenvalue weighted by atomic mass is 16.5. The van der Waals surface area contributed by atoms with E-state index in [-0.39, 0.29) is 28.1 Å². The molecule has 0 spiro atoms. The second-order valence-corrected chi connectivity index (χ2v) is 11.5. The number of hydrogen-bond acceptors (Lipinski definition) is 8. The molecule has 1 aliphatic heterocycles. The van der Waals surface area contributed by atoms with Crippen molar-refractivity contribution in [3.05, 3.63) is 65.2 Å². The maximum atomic E-state index is 13.6. The van der Waals surface area contributed by atoms with E-state index in [0.29, 0.717) is 29.7 Å². The van der Waals surface area contributed by atoms with Crippen LogP contribution in [0.25, 0.3) is 10.8 Å². The van der Waals surface area contributed by atoms with E-state index in [9.17, 15) is 14.8 Å². The molecule has 10 heteroatoms. The second kappa shape index (κ2) is 13.7. The van der Waals surface area contributed by atoms with Crippen molar-refractivity contribution in [2.45, 2.75) is 33.6 Å². The second-order valence-electron chi connectivity index (χ2n) is 11.5. The molecular weight excluding hydrogens is 536 g/mol. The number of aryl methyl sites for hydroxylation is 1. The molecule has 0 radical (unpaired) electrons. The lowest BCUT2D eigenvalue weighted by atomic mass is 9.88. The van der Waals surface area contributed by atoms with Crippen LogP contribution in [0.5, 0.6) is 11.5 Å². The molecule has 0 saturated carbocycles. The van der Waals surface area contributed by atoms with Crippen LogP contribution < -0.4 is 20.5 Å². The first kappa shape index (κ1) is 30.8. The molecule has 1 aliphatic rings. The molecule has 10 nitrogen and oxygen atoms in total. The Morgan fingerprint density at radius 2 is 1.79 bits per heavy atom. The number of nitrogens with two attached hydrogens (primary N) is 1. The molecule has 1 saturated heterocycles. The first-order valence-electron chi connectivity index (χ1n) is 14.1. The zero-order valence-corrected chi connectivity index (χ0v) is 24.7. The number of oxime groups is 1. The Balaban J connectivity index is 1.61. The number of carbonyl (C=O) groups is 2. The molecule has 4 N–H and O–H groups in total. The Bertz CT molecular complexity index is 1460. The van der Waals surface area contributed by atoms with Gasteiger partial charge in [0.15, 0.2) is 11.5 Å². The summed E-state index contributed by atoms with van der Waals surface area (Å²) in [5, 5.41) is 17.6.